The predicted molar refractivity (Wildman–Crippen MR) is 85.5 cm³/mol. The van der Waals surface area contributed by atoms with Crippen LogP contribution >= 0.6 is 0 Å². The fraction of sp³-hybridized carbons (Fsp3) is 0.688. The Kier molecular flexibility index (Phi) is 5.21. The number of nitrogens with one attached hydrogen (secondary N) is 2. The van der Waals surface area contributed by atoms with Gasteiger partial charge in [-0.3, -0.25) is 4.79 Å². The van der Waals surface area contributed by atoms with Crippen molar-refractivity contribution in [3.63, 3.8) is 0 Å². The molecule has 2 aliphatic rings. The topological polar surface area (TPSA) is 70.1 Å². The van der Waals surface area contributed by atoms with Gasteiger partial charge in [0, 0.05) is 38.1 Å². The Hall–Kier alpha value is -1.69. The Bertz CT molecular complexity index is 475. The molecular formula is C16H25N5O. The Morgan fingerprint density at radius 2 is 2.00 bits per heavy atom. The molecule has 1 saturated heterocycles. The molecule has 1 saturated carbocycles. The number of rotatable bonds is 6. The van der Waals surface area contributed by atoms with Gasteiger partial charge in [0.25, 0.3) is 0 Å². The monoisotopic (exact) mass is 303 g/mol. The highest BCUT2D eigenvalue weighted by molar-refractivity contribution is 5.78. The molecule has 0 aromatic carbocycles. The Labute approximate surface area is 131 Å². The highest BCUT2D eigenvalue weighted by atomic mass is 16.2. The van der Waals surface area contributed by atoms with E-state index < -0.39 is 0 Å². The smallest absolute Gasteiger partial charge is 0.236 e. The number of hydrogen-bond donors (Lipinski definition) is 2. The van der Waals surface area contributed by atoms with Crippen molar-refractivity contribution in [2.45, 2.75) is 38.1 Å². The second-order valence-electron chi connectivity index (χ2n) is 6.30. The molecule has 0 spiro atoms. The largest absolute Gasteiger partial charge is 0.354 e. The van der Waals surface area contributed by atoms with E-state index in [4.69, 9.17) is 0 Å². The van der Waals surface area contributed by atoms with Crippen molar-refractivity contribution < 1.29 is 4.79 Å². The van der Waals surface area contributed by atoms with Gasteiger partial charge in [-0.1, -0.05) is 0 Å². The van der Waals surface area contributed by atoms with Gasteiger partial charge in [0.2, 0.25) is 11.9 Å². The Morgan fingerprint density at radius 1 is 1.23 bits per heavy atom. The number of amides is 1. The molecule has 6 nitrogen and oxygen atoms in total. The molecule has 6 heteroatoms. The van der Waals surface area contributed by atoms with Crippen LogP contribution in [0.15, 0.2) is 18.5 Å². The van der Waals surface area contributed by atoms with Gasteiger partial charge in [-0.15, -0.1) is 0 Å². The number of hydrogen-bond acceptors (Lipinski definition) is 5. The number of likely N-dealkylation sites (tertiary alicyclic amines) is 1. The van der Waals surface area contributed by atoms with Gasteiger partial charge < -0.3 is 15.5 Å². The lowest BCUT2D eigenvalue weighted by Crippen LogP contribution is -2.39. The molecule has 120 valence electrons. The van der Waals surface area contributed by atoms with Crippen LogP contribution in [0.3, 0.4) is 0 Å². The lowest BCUT2D eigenvalue weighted by molar-refractivity contribution is -0.129. The number of carbonyl (C=O) groups is 1. The maximum absolute atomic E-state index is 12.0. The second kappa shape index (κ2) is 7.54. The minimum absolute atomic E-state index is 0.261. The van der Waals surface area contributed by atoms with Gasteiger partial charge in [0.15, 0.2) is 0 Å². The Balaban J connectivity index is 1.34. The molecule has 2 heterocycles. The summed E-state index contributed by atoms with van der Waals surface area (Å²) < 4.78 is 0. The quantitative estimate of drug-likeness (QED) is 0.828. The van der Waals surface area contributed by atoms with Gasteiger partial charge in [-0.2, -0.15) is 0 Å². The van der Waals surface area contributed by atoms with Crippen molar-refractivity contribution >= 4 is 11.9 Å². The number of anilines is 1. The zero-order valence-electron chi connectivity index (χ0n) is 13.0. The van der Waals surface area contributed by atoms with Crippen molar-refractivity contribution in [2.24, 2.45) is 5.92 Å². The van der Waals surface area contributed by atoms with E-state index in [1.165, 1.54) is 6.42 Å². The summed E-state index contributed by atoms with van der Waals surface area (Å²) in [5.41, 5.74) is 0. The predicted octanol–water partition coefficient (Wildman–Crippen LogP) is 1.27. The maximum Gasteiger partial charge on any atom is 0.236 e. The average Bonchev–Trinajstić information content (AvgIpc) is 3.23. The molecule has 2 atom stereocenters. The second-order valence-corrected chi connectivity index (χ2v) is 6.30. The van der Waals surface area contributed by atoms with Crippen molar-refractivity contribution in [2.75, 3.05) is 31.5 Å². The van der Waals surface area contributed by atoms with Gasteiger partial charge in [0.1, 0.15) is 0 Å². The normalized spacial score (nSPS) is 24.6. The molecule has 1 aliphatic heterocycles. The van der Waals surface area contributed by atoms with Crippen LogP contribution in [0.2, 0.25) is 0 Å². The van der Waals surface area contributed by atoms with E-state index in [9.17, 15) is 4.79 Å². The molecule has 2 N–H and O–H groups in total. The van der Waals surface area contributed by atoms with Crippen LogP contribution in [0.5, 0.6) is 0 Å². The third-order valence-corrected chi connectivity index (χ3v) is 4.66. The molecule has 0 radical (unpaired) electrons. The molecule has 1 amide bonds. The number of aromatic nitrogens is 2. The van der Waals surface area contributed by atoms with Gasteiger partial charge in [-0.25, -0.2) is 9.97 Å². The van der Waals surface area contributed by atoms with Crippen LogP contribution in [-0.2, 0) is 4.79 Å². The van der Waals surface area contributed by atoms with E-state index in [1.54, 1.807) is 12.4 Å². The third kappa shape index (κ3) is 4.16. The van der Waals surface area contributed by atoms with Gasteiger partial charge in [-0.05, 0) is 44.1 Å². The van der Waals surface area contributed by atoms with Crippen LogP contribution in [0, 0.1) is 5.92 Å². The van der Waals surface area contributed by atoms with Crippen molar-refractivity contribution in [1.82, 2.24) is 20.2 Å². The summed E-state index contributed by atoms with van der Waals surface area (Å²) in [7, 11) is 0. The van der Waals surface area contributed by atoms with Crippen LogP contribution < -0.4 is 10.6 Å². The first-order valence-corrected chi connectivity index (χ1v) is 8.33. The fourth-order valence-corrected chi connectivity index (χ4v) is 3.38. The summed E-state index contributed by atoms with van der Waals surface area (Å²) in [4.78, 5) is 22.4. The maximum atomic E-state index is 12.0. The Morgan fingerprint density at radius 3 is 2.77 bits per heavy atom. The van der Waals surface area contributed by atoms with E-state index in [0.29, 0.717) is 24.5 Å². The summed E-state index contributed by atoms with van der Waals surface area (Å²) in [6.07, 6.45) is 9.27. The molecule has 1 unspecified atom stereocenters. The molecule has 22 heavy (non-hydrogen) atoms. The zero-order chi connectivity index (χ0) is 15.2. The van der Waals surface area contributed by atoms with Crippen molar-refractivity contribution in [3.05, 3.63) is 18.5 Å². The van der Waals surface area contributed by atoms with E-state index in [1.807, 2.05) is 11.0 Å². The first-order chi connectivity index (χ1) is 10.8. The van der Waals surface area contributed by atoms with Gasteiger partial charge in [0.05, 0.1) is 6.54 Å². The summed E-state index contributed by atoms with van der Waals surface area (Å²) >= 11 is 0. The summed E-state index contributed by atoms with van der Waals surface area (Å²) in [5.74, 6) is 1.59. The number of carbonyl (C=O) groups excluding carboxylic acids is 1. The van der Waals surface area contributed by atoms with Crippen LogP contribution in [0.4, 0.5) is 5.95 Å². The van der Waals surface area contributed by atoms with Crippen LogP contribution in [-0.4, -0.2) is 53.0 Å². The van der Waals surface area contributed by atoms with Crippen molar-refractivity contribution in [3.8, 4) is 0 Å². The average molecular weight is 303 g/mol. The lowest BCUT2D eigenvalue weighted by Gasteiger charge is -2.18. The van der Waals surface area contributed by atoms with Gasteiger partial charge >= 0.3 is 0 Å². The van der Waals surface area contributed by atoms with E-state index in [2.05, 4.69) is 20.6 Å². The molecule has 2 fully saturated rings. The summed E-state index contributed by atoms with van der Waals surface area (Å²) in [5, 5.41) is 6.73. The molecule has 0 bridgehead atoms. The van der Waals surface area contributed by atoms with Crippen molar-refractivity contribution in [1.29, 1.82) is 0 Å². The molecule has 1 aromatic heterocycles. The SMILES string of the molecule is O=C(CN[C@@H]1CCC(CNc2ncccn2)C1)N1CCCC1. The zero-order valence-corrected chi connectivity index (χ0v) is 13.0. The third-order valence-electron chi connectivity index (χ3n) is 4.66. The number of nitrogens with zero attached hydrogens (tertiary/aromatic N) is 3. The summed E-state index contributed by atoms with van der Waals surface area (Å²) in [6.45, 7) is 3.28. The summed E-state index contributed by atoms with van der Waals surface area (Å²) in [6, 6.07) is 2.29. The van der Waals surface area contributed by atoms with E-state index >= 15 is 0 Å². The standard InChI is InChI=1S/C16H25N5O/c22-15(21-8-1-2-9-21)12-19-14-5-4-13(10-14)11-20-16-17-6-3-7-18-16/h3,6-7,13-14,19H,1-2,4-5,8-12H2,(H,17,18,20)/t13?,14-/m1/s1. The first kappa shape index (κ1) is 15.2. The van der Waals surface area contributed by atoms with E-state index in [-0.39, 0.29) is 5.91 Å². The minimum atomic E-state index is 0.261. The van der Waals surface area contributed by atoms with Crippen LogP contribution in [0.1, 0.15) is 32.1 Å². The lowest BCUT2D eigenvalue weighted by atomic mass is 10.1. The first-order valence-electron chi connectivity index (χ1n) is 8.33. The highest BCUT2D eigenvalue weighted by Gasteiger charge is 2.26. The molecular weight excluding hydrogens is 278 g/mol. The highest BCUT2D eigenvalue weighted by Crippen LogP contribution is 2.25. The fourth-order valence-electron chi connectivity index (χ4n) is 3.38. The molecule has 1 aliphatic carbocycles. The minimum Gasteiger partial charge on any atom is -0.354 e. The van der Waals surface area contributed by atoms with E-state index in [0.717, 1.165) is 45.3 Å². The van der Waals surface area contributed by atoms with Crippen LogP contribution in [0.25, 0.3) is 0 Å². The molecule has 3 rings (SSSR count). The molecule has 1 aromatic rings.